The van der Waals surface area contributed by atoms with Crippen LogP contribution in [-0.4, -0.2) is 17.0 Å². The van der Waals surface area contributed by atoms with Crippen LogP contribution in [-0.2, 0) is 4.79 Å². The van der Waals surface area contributed by atoms with Crippen molar-refractivity contribution in [3.8, 4) is 5.75 Å². The minimum atomic E-state index is -1.13. The highest BCUT2D eigenvalue weighted by Gasteiger charge is 2.12. The van der Waals surface area contributed by atoms with E-state index in [4.69, 9.17) is 9.84 Å². The molecule has 0 aromatic heterocycles. The predicted octanol–water partition coefficient (Wildman–Crippen LogP) is 2.07. The van der Waals surface area contributed by atoms with Crippen LogP contribution in [0.4, 0.5) is 0 Å². The van der Waals surface area contributed by atoms with Crippen molar-refractivity contribution in [3.05, 3.63) is 28.2 Å². The molecule has 1 aromatic carbocycles. The zero-order chi connectivity index (χ0) is 10.7. The monoisotopic (exact) mass is 258 g/mol. The second-order valence-electron chi connectivity index (χ2n) is 2.54. The van der Waals surface area contributed by atoms with E-state index in [1.165, 1.54) is 19.1 Å². The molecule has 0 bridgehead atoms. The quantitative estimate of drug-likeness (QED) is 0.652. The Kier molecular flexibility index (Phi) is 3.24. The largest absolute Gasteiger partial charge is 0.478 e. The maximum absolute atomic E-state index is 10.7. The van der Waals surface area contributed by atoms with Crippen molar-refractivity contribution in [2.24, 2.45) is 0 Å². The van der Waals surface area contributed by atoms with E-state index in [2.05, 4.69) is 15.9 Å². The lowest BCUT2D eigenvalue weighted by atomic mass is 10.2. The molecule has 74 valence electrons. The summed E-state index contributed by atoms with van der Waals surface area (Å²) >= 11 is 3.15. The predicted molar refractivity (Wildman–Crippen MR) is 52.4 cm³/mol. The third kappa shape index (κ3) is 2.56. The average molecular weight is 259 g/mol. The average Bonchev–Trinajstić information content (AvgIpc) is 2.01. The number of carbonyl (C=O) groups is 2. The molecule has 0 unspecified atom stereocenters. The van der Waals surface area contributed by atoms with Crippen LogP contribution in [0.15, 0.2) is 22.7 Å². The van der Waals surface area contributed by atoms with Crippen LogP contribution >= 0.6 is 15.9 Å². The normalized spacial score (nSPS) is 9.57. The van der Waals surface area contributed by atoms with Crippen LogP contribution in [0.5, 0.6) is 5.75 Å². The summed E-state index contributed by atoms with van der Waals surface area (Å²) in [5, 5.41) is 8.76. The summed E-state index contributed by atoms with van der Waals surface area (Å²) in [6.07, 6.45) is 0. The summed E-state index contributed by atoms with van der Waals surface area (Å²) in [7, 11) is 0. The van der Waals surface area contributed by atoms with E-state index in [1.54, 1.807) is 6.07 Å². The van der Waals surface area contributed by atoms with Crippen molar-refractivity contribution in [2.75, 3.05) is 0 Å². The standard InChI is InChI=1S/C9H7BrO4/c1-5(11)14-8-4-6(10)2-3-7(8)9(12)13/h2-4H,1H3,(H,12,13). The number of rotatable bonds is 2. The van der Waals surface area contributed by atoms with Gasteiger partial charge in [0.05, 0.1) is 0 Å². The molecule has 0 aliphatic heterocycles. The molecule has 0 saturated carbocycles. The third-order valence-electron chi connectivity index (χ3n) is 1.43. The summed E-state index contributed by atoms with van der Waals surface area (Å²) < 4.78 is 5.39. The van der Waals surface area contributed by atoms with Gasteiger partial charge in [-0.25, -0.2) is 4.79 Å². The number of esters is 1. The highest BCUT2D eigenvalue weighted by atomic mass is 79.9. The SMILES string of the molecule is CC(=O)Oc1cc(Br)ccc1C(=O)O. The zero-order valence-electron chi connectivity index (χ0n) is 7.28. The van der Waals surface area contributed by atoms with Gasteiger partial charge < -0.3 is 9.84 Å². The minimum absolute atomic E-state index is 0.0385. The Morgan fingerprint density at radius 1 is 1.43 bits per heavy atom. The Bertz CT molecular complexity index is 386. The number of ether oxygens (including phenoxy) is 1. The first kappa shape index (κ1) is 10.7. The number of carbonyl (C=O) groups excluding carboxylic acids is 1. The molecule has 0 fully saturated rings. The molecule has 0 radical (unpaired) electrons. The van der Waals surface area contributed by atoms with Gasteiger partial charge in [-0.1, -0.05) is 15.9 Å². The maximum Gasteiger partial charge on any atom is 0.339 e. The van der Waals surface area contributed by atoms with Crippen LogP contribution in [0.2, 0.25) is 0 Å². The second kappa shape index (κ2) is 4.23. The molecule has 0 aliphatic carbocycles. The molecule has 4 nitrogen and oxygen atoms in total. The number of hydrogen-bond donors (Lipinski definition) is 1. The van der Waals surface area contributed by atoms with E-state index in [0.717, 1.165) is 0 Å². The van der Waals surface area contributed by atoms with Gasteiger partial charge in [-0.3, -0.25) is 4.79 Å². The minimum Gasteiger partial charge on any atom is -0.478 e. The first-order valence-corrected chi connectivity index (χ1v) is 4.51. The number of halogens is 1. The molecule has 0 atom stereocenters. The Morgan fingerprint density at radius 2 is 2.07 bits per heavy atom. The van der Waals surface area contributed by atoms with Gasteiger partial charge in [-0.15, -0.1) is 0 Å². The molecule has 1 rings (SSSR count). The number of hydrogen-bond acceptors (Lipinski definition) is 3. The fourth-order valence-corrected chi connectivity index (χ4v) is 1.25. The van der Waals surface area contributed by atoms with Crippen LogP contribution in [0.1, 0.15) is 17.3 Å². The second-order valence-corrected chi connectivity index (χ2v) is 3.45. The van der Waals surface area contributed by atoms with E-state index in [-0.39, 0.29) is 11.3 Å². The fourth-order valence-electron chi connectivity index (χ4n) is 0.912. The topological polar surface area (TPSA) is 63.6 Å². The highest BCUT2D eigenvalue weighted by molar-refractivity contribution is 9.10. The van der Waals surface area contributed by atoms with Crippen molar-refractivity contribution in [2.45, 2.75) is 6.92 Å². The first-order valence-electron chi connectivity index (χ1n) is 3.72. The van der Waals surface area contributed by atoms with Gasteiger partial charge in [0.1, 0.15) is 11.3 Å². The summed E-state index contributed by atoms with van der Waals surface area (Å²) in [6, 6.07) is 4.37. The molecule has 14 heavy (non-hydrogen) atoms. The molecule has 1 aromatic rings. The van der Waals surface area contributed by atoms with Gasteiger partial charge in [0.15, 0.2) is 0 Å². The summed E-state index contributed by atoms with van der Waals surface area (Å²) in [6.45, 7) is 1.21. The van der Waals surface area contributed by atoms with Crippen LogP contribution in [0, 0.1) is 0 Å². The smallest absolute Gasteiger partial charge is 0.339 e. The highest BCUT2D eigenvalue weighted by Crippen LogP contribution is 2.23. The van der Waals surface area contributed by atoms with Crippen molar-refractivity contribution in [1.82, 2.24) is 0 Å². The zero-order valence-corrected chi connectivity index (χ0v) is 8.87. The number of aromatic carboxylic acids is 1. The van der Waals surface area contributed by atoms with Crippen molar-refractivity contribution < 1.29 is 19.4 Å². The lowest BCUT2D eigenvalue weighted by Gasteiger charge is -2.05. The van der Waals surface area contributed by atoms with Crippen LogP contribution in [0.25, 0.3) is 0 Å². The fraction of sp³-hybridized carbons (Fsp3) is 0.111. The number of carboxylic acids is 1. The van der Waals surface area contributed by atoms with Gasteiger partial charge in [0, 0.05) is 11.4 Å². The Morgan fingerprint density at radius 3 is 2.57 bits per heavy atom. The van der Waals surface area contributed by atoms with Crippen molar-refractivity contribution >= 4 is 27.9 Å². The molecule has 0 saturated heterocycles. The van der Waals surface area contributed by atoms with Gasteiger partial charge in [-0.2, -0.15) is 0 Å². The molecular formula is C9H7BrO4. The third-order valence-corrected chi connectivity index (χ3v) is 1.92. The summed E-state index contributed by atoms with van der Waals surface area (Å²) in [5.41, 5.74) is -0.0385. The maximum atomic E-state index is 10.7. The van der Waals surface area contributed by atoms with E-state index < -0.39 is 11.9 Å². The van der Waals surface area contributed by atoms with E-state index in [0.29, 0.717) is 4.47 Å². The lowest BCUT2D eigenvalue weighted by molar-refractivity contribution is -0.131. The number of benzene rings is 1. The number of carboxylic acid groups (broad SMARTS) is 1. The lowest BCUT2D eigenvalue weighted by Crippen LogP contribution is -2.07. The molecule has 1 N–H and O–H groups in total. The molecule has 0 amide bonds. The Hall–Kier alpha value is -1.36. The Labute approximate surface area is 88.6 Å². The van der Waals surface area contributed by atoms with E-state index >= 15 is 0 Å². The summed E-state index contributed by atoms with van der Waals surface area (Å²) in [5.74, 6) is -1.64. The summed E-state index contributed by atoms with van der Waals surface area (Å²) in [4.78, 5) is 21.4. The molecular weight excluding hydrogens is 252 g/mol. The van der Waals surface area contributed by atoms with E-state index in [1.807, 2.05) is 0 Å². The molecule has 5 heteroatoms. The molecule has 0 aliphatic rings. The van der Waals surface area contributed by atoms with Crippen LogP contribution < -0.4 is 4.74 Å². The van der Waals surface area contributed by atoms with Crippen molar-refractivity contribution in [1.29, 1.82) is 0 Å². The van der Waals surface area contributed by atoms with Gasteiger partial charge in [-0.05, 0) is 18.2 Å². The van der Waals surface area contributed by atoms with Gasteiger partial charge >= 0.3 is 11.9 Å². The van der Waals surface area contributed by atoms with Gasteiger partial charge in [0.2, 0.25) is 0 Å². The molecule has 0 heterocycles. The van der Waals surface area contributed by atoms with Crippen molar-refractivity contribution in [3.63, 3.8) is 0 Å². The molecule has 0 spiro atoms. The van der Waals surface area contributed by atoms with Crippen LogP contribution in [0.3, 0.4) is 0 Å². The van der Waals surface area contributed by atoms with E-state index in [9.17, 15) is 9.59 Å². The Balaban J connectivity index is 3.15. The first-order chi connectivity index (χ1) is 6.50. The van der Waals surface area contributed by atoms with Gasteiger partial charge in [0.25, 0.3) is 0 Å².